The highest BCUT2D eigenvalue weighted by atomic mass is 32.2. The first kappa shape index (κ1) is 23.3. The van der Waals surface area contributed by atoms with Crippen molar-refractivity contribution in [3.63, 3.8) is 0 Å². The minimum atomic E-state index is 0.0507. The fourth-order valence-electron chi connectivity index (χ4n) is 3.81. The van der Waals surface area contributed by atoms with Crippen molar-refractivity contribution >= 4 is 23.5 Å². The van der Waals surface area contributed by atoms with E-state index in [9.17, 15) is 4.79 Å². The van der Waals surface area contributed by atoms with Gasteiger partial charge in [0, 0.05) is 37.5 Å². The number of nitrogens with one attached hydrogen (secondary N) is 1. The molecule has 9 nitrogen and oxygen atoms in total. The second kappa shape index (κ2) is 11.3. The van der Waals surface area contributed by atoms with Crippen molar-refractivity contribution in [2.75, 3.05) is 43.5 Å². The van der Waals surface area contributed by atoms with Gasteiger partial charge in [0.2, 0.25) is 5.91 Å². The summed E-state index contributed by atoms with van der Waals surface area (Å²) in [5, 5.41) is 16.4. The van der Waals surface area contributed by atoms with Crippen molar-refractivity contribution in [2.24, 2.45) is 0 Å². The summed E-state index contributed by atoms with van der Waals surface area (Å²) in [7, 11) is 0. The van der Waals surface area contributed by atoms with Gasteiger partial charge in [-0.1, -0.05) is 0 Å². The summed E-state index contributed by atoms with van der Waals surface area (Å²) >= 11 is 1.74. The van der Waals surface area contributed by atoms with Gasteiger partial charge < -0.3 is 19.4 Å². The fraction of sp³-hybridized carbons (Fsp3) is 0.478. The van der Waals surface area contributed by atoms with Gasteiger partial charge in [-0.3, -0.25) is 4.79 Å². The second-order valence-electron chi connectivity index (χ2n) is 7.89. The number of anilines is 1. The van der Waals surface area contributed by atoms with Crippen LogP contribution in [0.4, 0.5) is 5.82 Å². The summed E-state index contributed by atoms with van der Waals surface area (Å²) in [6, 6.07) is 7.76. The molecule has 1 saturated heterocycles. The van der Waals surface area contributed by atoms with Crippen LogP contribution in [0.5, 0.6) is 0 Å². The third-order valence-corrected chi connectivity index (χ3v) is 6.61. The van der Waals surface area contributed by atoms with E-state index in [0.717, 1.165) is 53.1 Å². The average molecular weight is 471 g/mol. The lowest BCUT2D eigenvalue weighted by molar-refractivity contribution is -0.120. The zero-order chi connectivity index (χ0) is 23.0. The summed E-state index contributed by atoms with van der Waals surface area (Å²) in [6.45, 7) is 7.69. The number of hydrogen-bond donors (Lipinski definition) is 1. The molecular formula is C23H30N6O3S. The Hall–Kier alpha value is -2.85. The number of rotatable bonds is 10. The van der Waals surface area contributed by atoms with Crippen molar-refractivity contribution in [1.82, 2.24) is 25.3 Å². The van der Waals surface area contributed by atoms with Gasteiger partial charge >= 0.3 is 0 Å². The molecule has 1 aliphatic rings. The summed E-state index contributed by atoms with van der Waals surface area (Å²) in [5.41, 5.74) is 2.98. The van der Waals surface area contributed by atoms with Gasteiger partial charge in [0.05, 0.1) is 30.9 Å². The molecule has 1 aliphatic heterocycles. The SMILES string of the molecule is Cc1nn(-c2ccc(N3CCOCC3)nn2)c(C)c1CCC(=O)NCCSCc1ccco1. The molecule has 0 radical (unpaired) electrons. The Bertz CT molecular complexity index is 1030. The lowest BCUT2D eigenvalue weighted by Gasteiger charge is -2.27. The van der Waals surface area contributed by atoms with E-state index in [0.29, 0.717) is 38.4 Å². The van der Waals surface area contributed by atoms with Gasteiger partial charge in [0.25, 0.3) is 0 Å². The Kier molecular flexibility index (Phi) is 8.01. The highest BCUT2D eigenvalue weighted by Gasteiger charge is 2.17. The molecule has 0 bridgehead atoms. The third-order valence-electron chi connectivity index (χ3n) is 5.62. The monoisotopic (exact) mass is 470 g/mol. The van der Waals surface area contributed by atoms with E-state index < -0.39 is 0 Å². The quantitative estimate of drug-likeness (QED) is 0.452. The molecule has 0 saturated carbocycles. The van der Waals surface area contributed by atoms with Crippen LogP contribution in [0.1, 0.15) is 29.1 Å². The molecule has 0 spiro atoms. The Balaban J connectivity index is 1.27. The molecule has 10 heteroatoms. The summed E-state index contributed by atoms with van der Waals surface area (Å²) in [6.07, 6.45) is 2.75. The van der Waals surface area contributed by atoms with Crippen LogP contribution in [0.2, 0.25) is 0 Å². The predicted octanol–water partition coefficient (Wildman–Crippen LogP) is 2.69. The van der Waals surface area contributed by atoms with Crippen LogP contribution in [0.25, 0.3) is 5.82 Å². The minimum Gasteiger partial charge on any atom is -0.468 e. The van der Waals surface area contributed by atoms with Gasteiger partial charge in [0.15, 0.2) is 11.6 Å². The maximum absolute atomic E-state index is 12.3. The number of carbonyl (C=O) groups is 1. The van der Waals surface area contributed by atoms with Gasteiger partial charge in [-0.2, -0.15) is 16.9 Å². The molecule has 1 N–H and O–H groups in total. The largest absolute Gasteiger partial charge is 0.468 e. The lowest BCUT2D eigenvalue weighted by atomic mass is 10.1. The number of hydrogen-bond acceptors (Lipinski definition) is 8. The Morgan fingerprint density at radius 3 is 2.67 bits per heavy atom. The topological polar surface area (TPSA) is 98.3 Å². The van der Waals surface area contributed by atoms with Crippen LogP contribution < -0.4 is 10.2 Å². The first-order chi connectivity index (χ1) is 16.1. The van der Waals surface area contributed by atoms with Gasteiger partial charge in [-0.05, 0) is 50.1 Å². The Morgan fingerprint density at radius 2 is 1.94 bits per heavy atom. The number of ether oxygens (including phenoxy) is 1. The fourth-order valence-corrected chi connectivity index (χ4v) is 4.57. The van der Waals surface area contributed by atoms with E-state index in [2.05, 4.69) is 25.5 Å². The number of nitrogens with zero attached hydrogens (tertiary/aromatic N) is 5. The molecule has 3 aromatic heterocycles. The van der Waals surface area contributed by atoms with E-state index in [1.165, 1.54) is 0 Å². The van der Waals surface area contributed by atoms with E-state index in [-0.39, 0.29) is 5.91 Å². The summed E-state index contributed by atoms with van der Waals surface area (Å²) < 4.78 is 12.5. The van der Waals surface area contributed by atoms with Crippen LogP contribution >= 0.6 is 11.8 Å². The summed E-state index contributed by atoms with van der Waals surface area (Å²) in [4.78, 5) is 14.5. The Morgan fingerprint density at radius 1 is 1.15 bits per heavy atom. The maximum atomic E-state index is 12.3. The first-order valence-electron chi connectivity index (χ1n) is 11.2. The number of carbonyl (C=O) groups excluding carboxylic acids is 1. The maximum Gasteiger partial charge on any atom is 0.220 e. The normalized spacial score (nSPS) is 13.9. The molecule has 176 valence electrons. The highest BCUT2D eigenvalue weighted by Crippen LogP contribution is 2.20. The molecule has 33 heavy (non-hydrogen) atoms. The zero-order valence-electron chi connectivity index (χ0n) is 19.1. The van der Waals surface area contributed by atoms with E-state index in [4.69, 9.17) is 9.15 Å². The Labute approximate surface area is 197 Å². The van der Waals surface area contributed by atoms with Crippen molar-refractivity contribution in [3.05, 3.63) is 53.2 Å². The van der Waals surface area contributed by atoms with E-state index in [1.807, 2.05) is 42.8 Å². The highest BCUT2D eigenvalue weighted by molar-refractivity contribution is 7.98. The number of aryl methyl sites for hydroxylation is 1. The molecule has 1 fully saturated rings. The van der Waals surface area contributed by atoms with Crippen LogP contribution in [0.15, 0.2) is 34.9 Å². The minimum absolute atomic E-state index is 0.0507. The smallest absolute Gasteiger partial charge is 0.220 e. The number of morpholine rings is 1. The van der Waals surface area contributed by atoms with Crippen LogP contribution in [0, 0.1) is 13.8 Å². The molecule has 4 heterocycles. The predicted molar refractivity (Wildman–Crippen MR) is 128 cm³/mol. The average Bonchev–Trinajstić information content (AvgIpc) is 3.46. The third kappa shape index (κ3) is 6.14. The van der Waals surface area contributed by atoms with Gasteiger partial charge in [-0.25, -0.2) is 4.68 Å². The van der Waals surface area contributed by atoms with E-state index >= 15 is 0 Å². The number of furan rings is 1. The van der Waals surface area contributed by atoms with E-state index in [1.54, 1.807) is 18.0 Å². The van der Waals surface area contributed by atoms with Gasteiger partial charge in [-0.15, -0.1) is 10.2 Å². The molecule has 0 aliphatic carbocycles. The number of aromatic nitrogens is 4. The molecule has 0 atom stereocenters. The van der Waals surface area contributed by atoms with Crippen molar-refractivity contribution < 1.29 is 13.9 Å². The number of thioether (sulfide) groups is 1. The molecular weight excluding hydrogens is 440 g/mol. The van der Waals surface area contributed by atoms with Crippen LogP contribution in [0.3, 0.4) is 0 Å². The van der Waals surface area contributed by atoms with Crippen LogP contribution in [-0.4, -0.2) is 64.5 Å². The standard InChI is InChI=1S/C23H30N6O3S/c1-17-20(5-8-23(30)24-9-15-33-16-19-4-3-12-32-19)18(2)29(27-17)22-7-6-21(25-26-22)28-10-13-31-14-11-28/h3-4,6-7,12H,5,8-11,13-16H2,1-2H3,(H,24,30). The summed E-state index contributed by atoms with van der Waals surface area (Å²) in [5.74, 6) is 4.20. The van der Waals surface area contributed by atoms with Crippen molar-refractivity contribution in [2.45, 2.75) is 32.4 Å². The lowest BCUT2D eigenvalue weighted by Crippen LogP contribution is -2.36. The first-order valence-corrected chi connectivity index (χ1v) is 12.4. The molecule has 3 aromatic rings. The molecule has 1 amide bonds. The number of amides is 1. The van der Waals surface area contributed by atoms with Crippen LogP contribution in [-0.2, 0) is 21.7 Å². The zero-order valence-corrected chi connectivity index (χ0v) is 19.9. The van der Waals surface area contributed by atoms with Crippen molar-refractivity contribution in [1.29, 1.82) is 0 Å². The second-order valence-corrected chi connectivity index (χ2v) is 9.00. The van der Waals surface area contributed by atoms with Gasteiger partial charge in [0.1, 0.15) is 5.76 Å². The molecule has 0 aromatic carbocycles. The van der Waals surface area contributed by atoms with Crippen molar-refractivity contribution in [3.8, 4) is 5.82 Å². The molecule has 4 rings (SSSR count). The molecule has 0 unspecified atom stereocenters.